The minimum Gasteiger partial charge on any atom is -0.481 e. The topological polar surface area (TPSA) is 69.6 Å². The van der Waals surface area contributed by atoms with Gasteiger partial charge in [0.2, 0.25) is 5.91 Å². The summed E-state index contributed by atoms with van der Waals surface area (Å²) in [7, 11) is 0. The Morgan fingerprint density at radius 3 is 2.65 bits per heavy atom. The summed E-state index contributed by atoms with van der Waals surface area (Å²) in [6.45, 7) is 4.91. The minimum atomic E-state index is -0.864. The molecule has 0 atom stereocenters. The maximum atomic E-state index is 11.9. The van der Waals surface area contributed by atoms with E-state index in [-0.39, 0.29) is 18.9 Å². The molecule has 0 fully saturated rings. The number of hydrogen-bond donors (Lipinski definition) is 2. The zero-order valence-corrected chi connectivity index (χ0v) is 12.4. The van der Waals surface area contributed by atoms with Gasteiger partial charge in [0.25, 0.3) is 0 Å². The average molecular weight is 299 g/mol. The average Bonchev–Trinajstić information content (AvgIpc) is 2.37. The third-order valence-electron chi connectivity index (χ3n) is 2.92. The number of aliphatic carboxylic acids is 1. The molecule has 1 amide bonds. The van der Waals surface area contributed by atoms with Crippen LogP contribution < -0.4 is 5.32 Å². The highest BCUT2D eigenvalue weighted by molar-refractivity contribution is 6.30. The molecule has 1 aromatic rings. The zero-order valence-electron chi connectivity index (χ0n) is 11.6. The van der Waals surface area contributed by atoms with E-state index < -0.39 is 5.97 Å². The maximum absolute atomic E-state index is 11.9. The first-order chi connectivity index (χ1) is 9.42. The van der Waals surface area contributed by atoms with Crippen LogP contribution >= 0.6 is 11.6 Å². The van der Waals surface area contributed by atoms with Crippen molar-refractivity contribution in [3.05, 3.63) is 28.8 Å². The number of carbonyl (C=O) groups is 2. The van der Waals surface area contributed by atoms with Crippen LogP contribution in [0.2, 0.25) is 5.02 Å². The van der Waals surface area contributed by atoms with Gasteiger partial charge in [0.15, 0.2) is 0 Å². The molecule has 0 saturated carbocycles. The zero-order chi connectivity index (χ0) is 15.1. The van der Waals surface area contributed by atoms with E-state index in [2.05, 4.69) is 5.32 Å². The van der Waals surface area contributed by atoms with E-state index in [0.717, 1.165) is 5.56 Å². The molecule has 0 spiro atoms. The van der Waals surface area contributed by atoms with Crippen molar-refractivity contribution in [3.8, 4) is 0 Å². The summed E-state index contributed by atoms with van der Waals surface area (Å²) in [5.74, 6) is -1.03. The Balaban J connectivity index is 2.55. The van der Waals surface area contributed by atoms with Crippen LogP contribution in [0.25, 0.3) is 0 Å². The molecule has 6 heteroatoms. The number of carboxylic acid groups (broad SMARTS) is 1. The normalized spacial score (nSPS) is 10.6. The van der Waals surface area contributed by atoms with Crippen molar-refractivity contribution >= 4 is 29.2 Å². The van der Waals surface area contributed by atoms with Gasteiger partial charge < -0.3 is 10.4 Å². The first kappa shape index (κ1) is 16.5. The first-order valence-corrected chi connectivity index (χ1v) is 6.80. The Hall–Kier alpha value is -1.59. The van der Waals surface area contributed by atoms with Crippen LogP contribution in [0.4, 0.5) is 5.69 Å². The van der Waals surface area contributed by atoms with E-state index in [9.17, 15) is 9.59 Å². The highest BCUT2D eigenvalue weighted by Gasteiger charge is 2.11. The summed E-state index contributed by atoms with van der Waals surface area (Å²) in [5, 5.41) is 12.1. The van der Waals surface area contributed by atoms with Crippen LogP contribution in [0, 0.1) is 6.92 Å². The molecule has 0 aliphatic heterocycles. The lowest BCUT2D eigenvalue weighted by molar-refractivity contribution is -0.137. The van der Waals surface area contributed by atoms with E-state index in [4.69, 9.17) is 16.7 Å². The fraction of sp³-hybridized carbons (Fsp3) is 0.429. The second-order valence-corrected chi connectivity index (χ2v) is 4.96. The summed E-state index contributed by atoms with van der Waals surface area (Å²) in [6, 6.07) is 5.24. The molecule has 1 aromatic carbocycles. The number of benzene rings is 1. The van der Waals surface area contributed by atoms with Gasteiger partial charge in [-0.1, -0.05) is 18.5 Å². The number of amides is 1. The van der Waals surface area contributed by atoms with Crippen LogP contribution in [0.15, 0.2) is 18.2 Å². The third kappa shape index (κ3) is 5.59. The second kappa shape index (κ2) is 7.87. The van der Waals surface area contributed by atoms with Gasteiger partial charge in [-0.2, -0.15) is 0 Å². The van der Waals surface area contributed by atoms with Crippen LogP contribution in [0.5, 0.6) is 0 Å². The van der Waals surface area contributed by atoms with Crippen molar-refractivity contribution in [1.82, 2.24) is 4.90 Å². The van der Waals surface area contributed by atoms with Gasteiger partial charge in [-0.05, 0) is 37.2 Å². The van der Waals surface area contributed by atoms with Crippen molar-refractivity contribution in [2.45, 2.75) is 20.3 Å². The van der Waals surface area contributed by atoms with Gasteiger partial charge in [-0.15, -0.1) is 0 Å². The number of likely N-dealkylation sites (N-methyl/N-ethyl adjacent to an activating group) is 1. The first-order valence-electron chi connectivity index (χ1n) is 6.42. The van der Waals surface area contributed by atoms with E-state index in [0.29, 0.717) is 23.8 Å². The fourth-order valence-corrected chi connectivity index (χ4v) is 1.99. The predicted molar refractivity (Wildman–Crippen MR) is 79.2 cm³/mol. The fourth-order valence-electron chi connectivity index (χ4n) is 1.76. The summed E-state index contributed by atoms with van der Waals surface area (Å²) in [6.07, 6.45) is 0.0289. The van der Waals surface area contributed by atoms with E-state index in [1.807, 2.05) is 13.8 Å². The van der Waals surface area contributed by atoms with Crippen LogP contribution in [-0.2, 0) is 9.59 Å². The summed E-state index contributed by atoms with van der Waals surface area (Å²) in [5.41, 5.74) is 1.60. The highest BCUT2D eigenvalue weighted by atomic mass is 35.5. The molecule has 5 nitrogen and oxygen atoms in total. The lowest BCUT2D eigenvalue weighted by atomic mass is 10.2. The molecule has 1 rings (SSSR count). The van der Waals surface area contributed by atoms with Gasteiger partial charge in [0, 0.05) is 17.3 Å². The molecule has 2 N–H and O–H groups in total. The van der Waals surface area contributed by atoms with E-state index in [1.54, 1.807) is 23.1 Å². The number of nitrogens with one attached hydrogen (secondary N) is 1. The number of carboxylic acids is 1. The lowest BCUT2D eigenvalue weighted by Crippen LogP contribution is -2.34. The SMILES string of the molecule is CCN(CCC(=O)O)CC(=O)Nc1ccc(Cl)cc1C. The molecule has 0 radical (unpaired) electrons. The monoisotopic (exact) mass is 298 g/mol. The Morgan fingerprint density at radius 1 is 1.40 bits per heavy atom. The van der Waals surface area contributed by atoms with E-state index >= 15 is 0 Å². The Morgan fingerprint density at radius 2 is 2.10 bits per heavy atom. The van der Waals surface area contributed by atoms with Crippen molar-refractivity contribution in [1.29, 1.82) is 0 Å². The Kier molecular flexibility index (Phi) is 6.48. The molecule has 20 heavy (non-hydrogen) atoms. The number of nitrogens with zero attached hydrogens (tertiary/aromatic N) is 1. The number of anilines is 1. The van der Waals surface area contributed by atoms with Crippen molar-refractivity contribution in [3.63, 3.8) is 0 Å². The van der Waals surface area contributed by atoms with Crippen molar-refractivity contribution in [2.24, 2.45) is 0 Å². The largest absolute Gasteiger partial charge is 0.481 e. The molecular formula is C14H19ClN2O3. The van der Waals surface area contributed by atoms with Gasteiger partial charge in [0.1, 0.15) is 0 Å². The molecule has 0 aliphatic carbocycles. The summed E-state index contributed by atoms with van der Waals surface area (Å²) in [4.78, 5) is 24.3. The van der Waals surface area contributed by atoms with Crippen LogP contribution in [0.1, 0.15) is 18.9 Å². The van der Waals surface area contributed by atoms with Gasteiger partial charge in [0.05, 0.1) is 13.0 Å². The standard InChI is InChI=1S/C14H19ClN2O3/c1-3-17(7-6-14(19)20)9-13(18)16-12-5-4-11(15)8-10(12)2/h4-5,8H,3,6-7,9H2,1-2H3,(H,16,18)(H,19,20). The molecule has 110 valence electrons. The minimum absolute atomic E-state index is 0.0289. The Bertz CT molecular complexity index is 491. The second-order valence-electron chi connectivity index (χ2n) is 4.52. The molecule has 0 aliphatic rings. The van der Waals surface area contributed by atoms with E-state index in [1.165, 1.54) is 0 Å². The van der Waals surface area contributed by atoms with Crippen LogP contribution in [0.3, 0.4) is 0 Å². The lowest BCUT2D eigenvalue weighted by Gasteiger charge is -2.19. The van der Waals surface area contributed by atoms with Crippen molar-refractivity contribution < 1.29 is 14.7 Å². The third-order valence-corrected chi connectivity index (χ3v) is 3.15. The highest BCUT2D eigenvalue weighted by Crippen LogP contribution is 2.19. The Labute approximate surface area is 123 Å². The summed E-state index contributed by atoms with van der Waals surface area (Å²) >= 11 is 5.85. The maximum Gasteiger partial charge on any atom is 0.304 e. The number of carbonyl (C=O) groups excluding carboxylic acids is 1. The smallest absolute Gasteiger partial charge is 0.304 e. The quantitative estimate of drug-likeness (QED) is 0.811. The van der Waals surface area contributed by atoms with Gasteiger partial charge >= 0.3 is 5.97 Å². The van der Waals surface area contributed by atoms with Crippen molar-refractivity contribution in [2.75, 3.05) is 25.0 Å². The molecule has 0 unspecified atom stereocenters. The molecule has 0 bridgehead atoms. The summed E-state index contributed by atoms with van der Waals surface area (Å²) < 4.78 is 0. The molecule has 0 heterocycles. The molecular weight excluding hydrogens is 280 g/mol. The molecule has 0 saturated heterocycles. The number of aryl methyl sites for hydroxylation is 1. The predicted octanol–water partition coefficient (Wildman–Crippen LogP) is 2.38. The number of hydrogen-bond acceptors (Lipinski definition) is 3. The number of rotatable bonds is 7. The van der Waals surface area contributed by atoms with Gasteiger partial charge in [-0.25, -0.2) is 0 Å². The molecule has 0 aromatic heterocycles. The van der Waals surface area contributed by atoms with Crippen LogP contribution in [-0.4, -0.2) is 41.5 Å². The van der Waals surface area contributed by atoms with Gasteiger partial charge in [-0.3, -0.25) is 14.5 Å². The number of halogens is 1.